The van der Waals surface area contributed by atoms with Crippen LogP contribution in [-0.4, -0.2) is 9.78 Å². The number of nitrogens with two attached hydrogens (primary N) is 1. The molecule has 0 saturated heterocycles. The van der Waals surface area contributed by atoms with Gasteiger partial charge in [0.15, 0.2) is 0 Å². The molecule has 2 aliphatic rings. The highest BCUT2D eigenvalue weighted by molar-refractivity contribution is 5.44. The summed E-state index contributed by atoms with van der Waals surface area (Å²) < 4.78 is 1.83. The van der Waals surface area contributed by atoms with Gasteiger partial charge in [-0.1, -0.05) is 12.8 Å². The third-order valence-corrected chi connectivity index (χ3v) is 4.31. The molecule has 3 heteroatoms. The van der Waals surface area contributed by atoms with Crippen molar-refractivity contribution in [2.75, 3.05) is 5.73 Å². The van der Waals surface area contributed by atoms with Crippen LogP contribution in [0.1, 0.15) is 42.9 Å². The van der Waals surface area contributed by atoms with Gasteiger partial charge in [-0.2, -0.15) is 5.10 Å². The molecule has 2 fully saturated rings. The average molecular weight is 205 g/mol. The molecule has 1 aromatic rings. The first-order valence-electron chi connectivity index (χ1n) is 5.97. The molecule has 3 nitrogen and oxygen atoms in total. The van der Waals surface area contributed by atoms with E-state index in [9.17, 15) is 0 Å². The van der Waals surface area contributed by atoms with Gasteiger partial charge in [0.05, 0.1) is 5.69 Å². The Labute approximate surface area is 90.7 Å². The highest BCUT2D eigenvalue weighted by Gasteiger charge is 2.46. The lowest BCUT2D eigenvalue weighted by molar-refractivity contribution is 0.410. The van der Waals surface area contributed by atoms with Crippen molar-refractivity contribution in [1.82, 2.24) is 9.78 Å². The lowest BCUT2D eigenvalue weighted by Crippen LogP contribution is -2.10. The van der Waals surface area contributed by atoms with E-state index in [2.05, 4.69) is 12.0 Å². The smallest absolute Gasteiger partial charge is 0.124 e. The Hall–Kier alpha value is -0.990. The number of hydrogen-bond acceptors (Lipinski definition) is 2. The standard InChI is InChI=1S/C12H19N3/c1-7-11(14-15(2)12(7)13)9-5-3-4-8-6-10(8)9/h8-10H,3-6,13H2,1-2H3. The second kappa shape index (κ2) is 3.00. The van der Waals surface area contributed by atoms with Gasteiger partial charge in [-0.25, -0.2) is 0 Å². The van der Waals surface area contributed by atoms with Crippen LogP contribution in [0.2, 0.25) is 0 Å². The first kappa shape index (κ1) is 9.25. The van der Waals surface area contributed by atoms with Gasteiger partial charge >= 0.3 is 0 Å². The minimum Gasteiger partial charge on any atom is -0.384 e. The summed E-state index contributed by atoms with van der Waals surface area (Å²) in [4.78, 5) is 0. The largest absolute Gasteiger partial charge is 0.384 e. The Morgan fingerprint density at radius 3 is 2.87 bits per heavy atom. The maximum atomic E-state index is 5.97. The summed E-state index contributed by atoms with van der Waals surface area (Å²) in [5.74, 6) is 3.47. The molecule has 0 aromatic carbocycles. The van der Waals surface area contributed by atoms with E-state index in [0.29, 0.717) is 5.92 Å². The molecule has 0 aliphatic heterocycles. The second-order valence-corrected chi connectivity index (χ2v) is 5.22. The molecule has 1 aromatic heterocycles. The highest BCUT2D eigenvalue weighted by atomic mass is 15.3. The lowest BCUT2D eigenvalue weighted by Gasteiger charge is -2.20. The van der Waals surface area contributed by atoms with Crippen LogP contribution in [0.4, 0.5) is 5.82 Å². The number of anilines is 1. The Balaban J connectivity index is 1.94. The van der Waals surface area contributed by atoms with Crippen molar-refractivity contribution in [3.63, 3.8) is 0 Å². The van der Waals surface area contributed by atoms with Crippen molar-refractivity contribution < 1.29 is 0 Å². The van der Waals surface area contributed by atoms with Crippen LogP contribution in [0.15, 0.2) is 0 Å². The van der Waals surface area contributed by atoms with Crippen molar-refractivity contribution in [2.24, 2.45) is 18.9 Å². The number of hydrogen-bond donors (Lipinski definition) is 1. The van der Waals surface area contributed by atoms with Gasteiger partial charge in [0.25, 0.3) is 0 Å². The molecule has 0 amide bonds. The molecule has 82 valence electrons. The first-order chi connectivity index (χ1) is 7.18. The predicted octanol–water partition coefficient (Wildman–Crippen LogP) is 2.21. The van der Waals surface area contributed by atoms with Gasteiger partial charge in [0.1, 0.15) is 5.82 Å². The zero-order valence-electron chi connectivity index (χ0n) is 9.53. The Morgan fingerprint density at radius 2 is 2.20 bits per heavy atom. The van der Waals surface area contributed by atoms with Crippen LogP contribution >= 0.6 is 0 Å². The number of rotatable bonds is 1. The summed E-state index contributed by atoms with van der Waals surface area (Å²) in [5.41, 5.74) is 8.47. The van der Waals surface area contributed by atoms with Gasteiger partial charge in [-0.15, -0.1) is 0 Å². The summed E-state index contributed by atoms with van der Waals surface area (Å²) in [7, 11) is 1.94. The van der Waals surface area contributed by atoms with E-state index >= 15 is 0 Å². The molecule has 0 radical (unpaired) electrons. The molecule has 0 spiro atoms. The maximum absolute atomic E-state index is 5.97. The van der Waals surface area contributed by atoms with E-state index in [1.54, 1.807) is 0 Å². The average Bonchev–Trinajstić information content (AvgIpc) is 2.97. The van der Waals surface area contributed by atoms with Crippen molar-refractivity contribution in [1.29, 1.82) is 0 Å². The molecule has 3 atom stereocenters. The van der Waals surface area contributed by atoms with Crippen molar-refractivity contribution in [2.45, 2.75) is 38.5 Å². The third-order valence-electron chi connectivity index (χ3n) is 4.31. The van der Waals surface area contributed by atoms with Gasteiger partial charge in [0, 0.05) is 18.5 Å². The van der Waals surface area contributed by atoms with Crippen molar-refractivity contribution >= 4 is 5.82 Å². The fourth-order valence-electron chi connectivity index (χ4n) is 3.27. The third kappa shape index (κ3) is 1.29. The highest BCUT2D eigenvalue weighted by Crippen LogP contribution is 2.56. The Morgan fingerprint density at radius 1 is 1.40 bits per heavy atom. The molecule has 2 saturated carbocycles. The minimum atomic E-state index is 0.701. The number of nitrogen functional groups attached to an aromatic ring is 1. The SMILES string of the molecule is Cc1c(C2CCCC3CC32)nn(C)c1N. The van der Waals surface area contributed by atoms with Gasteiger partial charge in [-0.3, -0.25) is 4.68 Å². The first-order valence-corrected chi connectivity index (χ1v) is 5.97. The molecule has 0 bridgehead atoms. The number of fused-ring (bicyclic) bond motifs is 1. The second-order valence-electron chi connectivity index (χ2n) is 5.22. The van der Waals surface area contributed by atoms with E-state index in [-0.39, 0.29) is 0 Å². The van der Waals surface area contributed by atoms with Crippen LogP contribution in [-0.2, 0) is 7.05 Å². The molecule has 1 heterocycles. The quantitative estimate of drug-likeness (QED) is 0.764. The van der Waals surface area contributed by atoms with Crippen LogP contribution < -0.4 is 5.73 Å². The number of nitrogens with zero attached hydrogens (tertiary/aromatic N) is 2. The van der Waals surface area contributed by atoms with Crippen LogP contribution in [0.3, 0.4) is 0 Å². The van der Waals surface area contributed by atoms with E-state index in [1.807, 2.05) is 11.7 Å². The van der Waals surface area contributed by atoms with Gasteiger partial charge < -0.3 is 5.73 Å². The van der Waals surface area contributed by atoms with Crippen LogP contribution in [0.5, 0.6) is 0 Å². The molecular weight excluding hydrogens is 186 g/mol. The monoisotopic (exact) mass is 205 g/mol. The van der Waals surface area contributed by atoms with Gasteiger partial charge in [0.2, 0.25) is 0 Å². The van der Waals surface area contributed by atoms with Crippen molar-refractivity contribution in [3.05, 3.63) is 11.3 Å². The minimum absolute atomic E-state index is 0.701. The summed E-state index contributed by atoms with van der Waals surface area (Å²) in [6, 6.07) is 0. The zero-order valence-corrected chi connectivity index (χ0v) is 9.53. The summed E-state index contributed by atoms with van der Waals surface area (Å²) in [5, 5.41) is 4.60. The predicted molar refractivity (Wildman–Crippen MR) is 60.5 cm³/mol. The normalized spacial score (nSPS) is 33.9. The van der Waals surface area contributed by atoms with Crippen molar-refractivity contribution in [3.8, 4) is 0 Å². The topological polar surface area (TPSA) is 43.8 Å². The number of aryl methyl sites for hydroxylation is 1. The molecule has 2 N–H and O–H groups in total. The van der Waals surface area contributed by atoms with Crippen LogP contribution in [0.25, 0.3) is 0 Å². The molecular formula is C12H19N3. The lowest BCUT2D eigenvalue weighted by atomic mass is 9.85. The van der Waals surface area contributed by atoms with Crippen LogP contribution in [0, 0.1) is 18.8 Å². The van der Waals surface area contributed by atoms with Gasteiger partial charge in [-0.05, 0) is 31.6 Å². The molecule has 3 unspecified atom stereocenters. The molecule has 2 aliphatic carbocycles. The number of aromatic nitrogens is 2. The summed E-state index contributed by atoms with van der Waals surface area (Å²) in [6.45, 7) is 2.11. The molecule has 15 heavy (non-hydrogen) atoms. The van der Waals surface area contributed by atoms with E-state index in [4.69, 9.17) is 5.73 Å². The fourth-order valence-corrected chi connectivity index (χ4v) is 3.27. The Bertz CT molecular complexity index is 394. The Kier molecular flexibility index (Phi) is 1.85. The summed E-state index contributed by atoms with van der Waals surface area (Å²) in [6.07, 6.45) is 5.57. The fraction of sp³-hybridized carbons (Fsp3) is 0.750. The maximum Gasteiger partial charge on any atom is 0.124 e. The van der Waals surface area contributed by atoms with E-state index in [1.165, 1.54) is 36.9 Å². The van der Waals surface area contributed by atoms with E-state index < -0.39 is 0 Å². The van der Waals surface area contributed by atoms with E-state index in [0.717, 1.165) is 17.7 Å². The molecule has 3 rings (SSSR count). The summed E-state index contributed by atoms with van der Waals surface area (Å²) >= 11 is 0. The zero-order chi connectivity index (χ0) is 10.6.